The van der Waals surface area contributed by atoms with Crippen LogP contribution in [0.3, 0.4) is 0 Å². The van der Waals surface area contributed by atoms with Crippen molar-refractivity contribution in [1.82, 2.24) is 15.5 Å². The van der Waals surface area contributed by atoms with Gasteiger partial charge in [0.1, 0.15) is 5.82 Å². The number of thiophene rings is 1. The fourth-order valence-corrected chi connectivity index (χ4v) is 4.72. The summed E-state index contributed by atoms with van der Waals surface area (Å²) in [7, 11) is 0. The van der Waals surface area contributed by atoms with E-state index in [1.807, 2.05) is 28.5 Å². The highest BCUT2D eigenvalue weighted by atomic mass is 32.1. The van der Waals surface area contributed by atoms with Crippen molar-refractivity contribution < 1.29 is 18.7 Å². The number of para-hydroxylation sites is 1. The van der Waals surface area contributed by atoms with E-state index in [1.165, 1.54) is 17.4 Å². The van der Waals surface area contributed by atoms with E-state index in [2.05, 4.69) is 15.5 Å². The third kappa shape index (κ3) is 4.72. The number of halogens is 1. The summed E-state index contributed by atoms with van der Waals surface area (Å²) in [6.07, 6.45) is 0. The van der Waals surface area contributed by atoms with Crippen LogP contribution in [0.15, 0.2) is 53.0 Å². The monoisotopic (exact) mass is 444 g/mol. The first-order valence-corrected chi connectivity index (χ1v) is 11.2. The molecule has 7 nitrogen and oxygen atoms in total. The lowest BCUT2D eigenvalue weighted by Crippen LogP contribution is -2.51. The van der Waals surface area contributed by atoms with E-state index in [9.17, 15) is 14.0 Å². The molecule has 0 radical (unpaired) electrons. The third-order valence-corrected chi connectivity index (χ3v) is 6.36. The number of nitrogens with zero attached hydrogens (tertiary/aromatic N) is 2. The molecule has 164 valence electrons. The van der Waals surface area contributed by atoms with E-state index in [0.717, 1.165) is 4.88 Å². The topological polar surface area (TPSA) is 73.9 Å². The van der Waals surface area contributed by atoms with Crippen LogP contribution in [0.25, 0.3) is 0 Å². The first-order chi connectivity index (χ1) is 15.1. The molecule has 2 N–H and O–H groups in total. The molecule has 0 aliphatic carbocycles. The molecule has 4 rings (SSSR count). The Morgan fingerprint density at radius 2 is 1.97 bits per heavy atom. The van der Waals surface area contributed by atoms with E-state index in [1.54, 1.807) is 19.1 Å². The van der Waals surface area contributed by atoms with E-state index < -0.39 is 12.0 Å². The number of nitrogens with one attached hydrogen (secondary N) is 2. The van der Waals surface area contributed by atoms with Crippen LogP contribution in [-0.4, -0.2) is 56.2 Å². The van der Waals surface area contributed by atoms with Crippen LogP contribution >= 0.6 is 11.3 Å². The predicted molar refractivity (Wildman–Crippen MR) is 117 cm³/mol. The Labute approximate surface area is 184 Å². The summed E-state index contributed by atoms with van der Waals surface area (Å²) < 4.78 is 19.4. The highest BCUT2D eigenvalue weighted by molar-refractivity contribution is 7.10. The molecule has 0 bridgehead atoms. The highest BCUT2D eigenvalue weighted by Crippen LogP contribution is 2.31. The van der Waals surface area contributed by atoms with Crippen molar-refractivity contribution in [3.8, 4) is 0 Å². The maximum atomic E-state index is 14.1. The number of benzene rings is 1. The van der Waals surface area contributed by atoms with Crippen molar-refractivity contribution >= 4 is 29.0 Å². The van der Waals surface area contributed by atoms with Crippen LogP contribution in [0.4, 0.5) is 14.9 Å². The van der Waals surface area contributed by atoms with Gasteiger partial charge in [0, 0.05) is 43.3 Å². The van der Waals surface area contributed by atoms with Crippen LogP contribution in [-0.2, 0) is 9.53 Å². The van der Waals surface area contributed by atoms with Crippen LogP contribution in [0.5, 0.6) is 0 Å². The second-order valence-corrected chi connectivity index (χ2v) is 8.35. The SMILES string of the molecule is CCOC(=O)C1=C(CN2CCN(c3ccccc3F)CC2)NC(=O)N[C@H]1c1cccs1. The average molecular weight is 445 g/mol. The van der Waals surface area contributed by atoms with Crippen LogP contribution < -0.4 is 15.5 Å². The molecule has 1 saturated heterocycles. The molecule has 1 fully saturated rings. The molecular weight excluding hydrogens is 419 g/mol. The minimum absolute atomic E-state index is 0.229. The molecule has 0 saturated carbocycles. The first-order valence-electron chi connectivity index (χ1n) is 10.3. The lowest BCUT2D eigenvalue weighted by atomic mass is 10.0. The molecule has 31 heavy (non-hydrogen) atoms. The molecule has 2 amide bonds. The standard InChI is InChI=1S/C22H25FN4O3S/c1-2-30-21(28)19-16(24-22(29)25-20(19)18-8-5-13-31-18)14-26-9-11-27(12-10-26)17-7-4-3-6-15(17)23/h3-8,13,20H,2,9-12,14H2,1H3,(H2,24,25,29)/t20-/m0/s1. The number of anilines is 1. The van der Waals surface area contributed by atoms with Gasteiger partial charge in [0.25, 0.3) is 0 Å². The number of hydrogen-bond donors (Lipinski definition) is 2. The Balaban J connectivity index is 1.53. The van der Waals surface area contributed by atoms with Gasteiger partial charge in [0.05, 0.1) is 23.9 Å². The molecule has 1 aromatic heterocycles. The van der Waals surface area contributed by atoms with Crippen molar-refractivity contribution in [1.29, 1.82) is 0 Å². The van der Waals surface area contributed by atoms with Crippen molar-refractivity contribution in [3.63, 3.8) is 0 Å². The van der Waals surface area contributed by atoms with Crippen molar-refractivity contribution in [2.45, 2.75) is 13.0 Å². The zero-order chi connectivity index (χ0) is 21.8. The van der Waals surface area contributed by atoms with E-state index in [4.69, 9.17) is 4.74 Å². The van der Waals surface area contributed by atoms with E-state index >= 15 is 0 Å². The quantitative estimate of drug-likeness (QED) is 0.671. The molecule has 1 aromatic carbocycles. The van der Waals surface area contributed by atoms with Crippen LogP contribution in [0.1, 0.15) is 17.8 Å². The number of carbonyl (C=O) groups excluding carboxylic acids is 2. The maximum absolute atomic E-state index is 14.1. The summed E-state index contributed by atoms with van der Waals surface area (Å²) in [6.45, 7) is 5.10. The Hall–Kier alpha value is -2.91. The van der Waals surface area contributed by atoms with Gasteiger partial charge in [-0.15, -0.1) is 11.3 Å². The summed E-state index contributed by atoms with van der Waals surface area (Å²) in [5.74, 6) is -0.666. The average Bonchev–Trinajstić information content (AvgIpc) is 3.29. The number of urea groups is 1. The Kier molecular flexibility index (Phi) is 6.53. The lowest BCUT2D eigenvalue weighted by Gasteiger charge is -2.38. The largest absolute Gasteiger partial charge is 0.463 e. The summed E-state index contributed by atoms with van der Waals surface area (Å²) in [6, 6.07) is 9.66. The molecule has 2 aliphatic heterocycles. The van der Waals surface area contributed by atoms with Gasteiger partial charge in [-0.05, 0) is 30.5 Å². The molecule has 0 spiro atoms. The molecular formula is C22H25FN4O3S. The number of hydrogen-bond acceptors (Lipinski definition) is 6. The normalized spacial score (nSPS) is 19.7. The molecule has 2 aliphatic rings. The van der Waals surface area contributed by atoms with Crippen molar-refractivity contribution in [2.24, 2.45) is 0 Å². The van der Waals surface area contributed by atoms with Gasteiger partial charge >= 0.3 is 12.0 Å². The third-order valence-electron chi connectivity index (χ3n) is 5.42. The van der Waals surface area contributed by atoms with E-state index in [-0.39, 0.29) is 18.5 Å². The minimum atomic E-state index is -0.539. The number of piperazine rings is 1. The fraction of sp³-hybridized carbons (Fsp3) is 0.364. The van der Waals surface area contributed by atoms with Gasteiger partial charge in [0.15, 0.2) is 0 Å². The molecule has 0 unspecified atom stereocenters. The Morgan fingerprint density at radius 3 is 2.65 bits per heavy atom. The molecule has 2 aromatic rings. The minimum Gasteiger partial charge on any atom is -0.463 e. The van der Waals surface area contributed by atoms with E-state index in [0.29, 0.717) is 49.7 Å². The van der Waals surface area contributed by atoms with Crippen molar-refractivity contribution in [3.05, 3.63) is 63.7 Å². The number of carbonyl (C=O) groups is 2. The van der Waals surface area contributed by atoms with Gasteiger partial charge in [-0.2, -0.15) is 0 Å². The van der Waals surface area contributed by atoms with Gasteiger partial charge in [-0.3, -0.25) is 4.90 Å². The summed E-state index contributed by atoms with van der Waals surface area (Å²) in [4.78, 5) is 30.2. The van der Waals surface area contributed by atoms with Crippen LogP contribution in [0.2, 0.25) is 0 Å². The summed E-state index contributed by atoms with van der Waals surface area (Å²) in [5.41, 5.74) is 1.59. The number of esters is 1. The number of rotatable bonds is 6. The summed E-state index contributed by atoms with van der Waals surface area (Å²) in [5, 5.41) is 7.57. The predicted octanol–water partition coefficient (Wildman–Crippen LogP) is 2.88. The zero-order valence-electron chi connectivity index (χ0n) is 17.3. The smallest absolute Gasteiger partial charge is 0.338 e. The Bertz CT molecular complexity index is 971. The second-order valence-electron chi connectivity index (χ2n) is 7.37. The molecule has 1 atom stereocenters. The molecule has 3 heterocycles. The Morgan fingerprint density at radius 1 is 1.19 bits per heavy atom. The zero-order valence-corrected chi connectivity index (χ0v) is 18.1. The fourth-order valence-electron chi connectivity index (χ4n) is 3.94. The maximum Gasteiger partial charge on any atom is 0.338 e. The van der Waals surface area contributed by atoms with Gasteiger partial charge in [0.2, 0.25) is 0 Å². The number of ether oxygens (including phenoxy) is 1. The first kappa shape index (κ1) is 21.3. The summed E-state index contributed by atoms with van der Waals surface area (Å²) >= 11 is 1.48. The second kappa shape index (κ2) is 9.49. The molecule has 9 heteroatoms. The van der Waals surface area contributed by atoms with Gasteiger partial charge < -0.3 is 20.3 Å². The lowest BCUT2D eigenvalue weighted by molar-refractivity contribution is -0.139. The van der Waals surface area contributed by atoms with Gasteiger partial charge in [-0.1, -0.05) is 18.2 Å². The van der Waals surface area contributed by atoms with Crippen molar-refractivity contribution in [2.75, 3.05) is 44.2 Å². The van der Waals surface area contributed by atoms with Crippen LogP contribution in [0, 0.1) is 5.82 Å². The number of amides is 2. The highest BCUT2D eigenvalue weighted by Gasteiger charge is 2.35. The van der Waals surface area contributed by atoms with Gasteiger partial charge in [-0.25, -0.2) is 14.0 Å².